The van der Waals surface area contributed by atoms with Crippen molar-refractivity contribution in [3.05, 3.63) is 29.8 Å². The Kier molecular flexibility index (Phi) is 3.81. The molecule has 5 heteroatoms. The number of fused-ring (bicyclic) bond motifs is 1. The standard InChI is InChI=1S/C17H23N3O2/c1-17(8-7-15(21)18-11-17)16(22)19-13-9-12-5-3-4-6-14(12)20(2)10-13/h3-6,13H,7-11H2,1-2H3,(H,18,21)(H,19,22). The van der Waals surface area contributed by atoms with Crippen molar-refractivity contribution in [2.75, 3.05) is 25.0 Å². The Labute approximate surface area is 131 Å². The Morgan fingerprint density at radius 2 is 2.18 bits per heavy atom. The molecule has 2 atom stereocenters. The van der Waals surface area contributed by atoms with Gasteiger partial charge in [-0.1, -0.05) is 18.2 Å². The smallest absolute Gasteiger partial charge is 0.228 e. The van der Waals surface area contributed by atoms with Crippen molar-refractivity contribution in [3.8, 4) is 0 Å². The van der Waals surface area contributed by atoms with Gasteiger partial charge in [-0.2, -0.15) is 0 Å². The second-order valence-corrected chi connectivity index (χ2v) is 6.72. The second kappa shape index (κ2) is 5.63. The van der Waals surface area contributed by atoms with Crippen molar-refractivity contribution < 1.29 is 9.59 Å². The minimum Gasteiger partial charge on any atom is -0.372 e. The van der Waals surface area contributed by atoms with Gasteiger partial charge in [0.15, 0.2) is 0 Å². The van der Waals surface area contributed by atoms with Gasteiger partial charge in [-0.15, -0.1) is 0 Å². The molecular weight excluding hydrogens is 278 g/mol. The Bertz CT molecular complexity index is 589. The van der Waals surface area contributed by atoms with Crippen LogP contribution in [0.4, 0.5) is 5.69 Å². The quantitative estimate of drug-likeness (QED) is 0.859. The van der Waals surface area contributed by atoms with E-state index < -0.39 is 5.41 Å². The topological polar surface area (TPSA) is 61.4 Å². The van der Waals surface area contributed by atoms with Gasteiger partial charge < -0.3 is 15.5 Å². The lowest BCUT2D eigenvalue weighted by atomic mass is 9.81. The largest absolute Gasteiger partial charge is 0.372 e. The van der Waals surface area contributed by atoms with Crippen LogP contribution in [-0.2, 0) is 16.0 Å². The number of piperidine rings is 1. The molecule has 2 aliphatic rings. The van der Waals surface area contributed by atoms with Crippen molar-refractivity contribution >= 4 is 17.5 Å². The van der Waals surface area contributed by atoms with E-state index in [-0.39, 0.29) is 17.9 Å². The number of carbonyl (C=O) groups excluding carboxylic acids is 2. The lowest BCUT2D eigenvalue weighted by Crippen LogP contribution is -2.55. The highest BCUT2D eigenvalue weighted by Crippen LogP contribution is 2.28. The maximum atomic E-state index is 12.6. The summed E-state index contributed by atoms with van der Waals surface area (Å²) < 4.78 is 0. The number of nitrogens with zero attached hydrogens (tertiary/aromatic N) is 1. The van der Waals surface area contributed by atoms with Crippen LogP contribution in [0.5, 0.6) is 0 Å². The van der Waals surface area contributed by atoms with Crippen LogP contribution in [0.2, 0.25) is 0 Å². The first kappa shape index (κ1) is 14.9. The van der Waals surface area contributed by atoms with Crippen molar-refractivity contribution in [1.82, 2.24) is 10.6 Å². The third kappa shape index (κ3) is 2.80. The minimum absolute atomic E-state index is 0.0385. The SMILES string of the molecule is CN1CC(NC(=O)C2(C)CCC(=O)NC2)Cc2ccccc21. The number of carbonyl (C=O) groups is 2. The molecule has 0 aliphatic carbocycles. The average Bonchev–Trinajstić information content (AvgIpc) is 2.50. The van der Waals surface area contributed by atoms with Crippen LogP contribution in [0.15, 0.2) is 24.3 Å². The van der Waals surface area contributed by atoms with E-state index in [4.69, 9.17) is 0 Å². The van der Waals surface area contributed by atoms with E-state index in [1.807, 2.05) is 19.1 Å². The first-order valence-corrected chi connectivity index (χ1v) is 7.85. The van der Waals surface area contributed by atoms with Crippen LogP contribution in [-0.4, -0.2) is 38.0 Å². The van der Waals surface area contributed by atoms with Crippen LogP contribution >= 0.6 is 0 Å². The molecule has 22 heavy (non-hydrogen) atoms. The summed E-state index contributed by atoms with van der Waals surface area (Å²) in [5.74, 6) is 0.0851. The van der Waals surface area contributed by atoms with Gasteiger partial charge in [-0.25, -0.2) is 0 Å². The zero-order valence-electron chi connectivity index (χ0n) is 13.2. The number of hydrogen-bond acceptors (Lipinski definition) is 3. The summed E-state index contributed by atoms with van der Waals surface area (Å²) in [4.78, 5) is 26.1. The third-order valence-electron chi connectivity index (χ3n) is 4.83. The molecule has 118 valence electrons. The number of hydrogen-bond donors (Lipinski definition) is 2. The van der Waals surface area contributed by atoms with Crippen LogP contribution in [0.25, 0.3) is 0 Å². The Hall–Kier alpha value is -2.04. The van der Waals surface area contributed by atoms with Gasteiger partial charge in [-0.3, -0.25) is 9.59 Å². The minimum atomic E-state index is -0.497. The summed E-state index contributed by atoms with van der Waals surface area (Å²) >= 11 is 0. The van der Waals surface area contributed by atoms with Crippen molar-refractivity contribution in [1.29, 1.82) is 0 Å². The zero-order valence-corrected chi connectivity index (χ0v) is 13.2. The molecule has 2 heterocycles. The van der Waals surface area contributed by atoms with Gasteiger partial charge in [0.2, 0.25) is 11.8 Å². The molecule has 1 fully saturated rings. The molecule has 2 amide bonds. The predicted molar refractivity (Wildman–Crippen MR) is 85.7 cm³/mol. The number of para-hydroxylation sites is 1. The maximum Gasteiger partial charge on any atom is 0.228 e. The Morgan fingerprint density at radius 1 is 1.41 bits per heavy atom. The Morgan fingerprint density at radius 3 is 2.91 bits per heavy atom. The van der Waals surface area contributed by atoms with E-state index in [2.05, 4.69) is 34.7 Å². The molecule has 1 saturated heterocycles. The zero-order chi connectivity index (χ0) is 15.7. The van der Waals surface area contributed by atoms with E-state index in [1.54, 1.807) is 0 Å². The van der Waals surface area contributed by atoms with Gasteiger partial charge in [-0.05, 0) is 31.4 Å². The van der Waals surface area contributed by atoms with E-state index in [0.717, 1.165) is 13.0 Å². The lowest BCUT2D eigenvalue weighted by molar-refractivity contribution is -0.135. The fourth-order valence-corrected chi connectivity index (χ4v) is 3.32. The van der Waals surface area contributed by atoms with E-state index in [0.29, 0.717) is 19.4 Å². The number of anilines is 1. The van der Waals surface area contributed by atoms with Gasteiger partial charge in [0.1, 0.15) is 0 Å². The van der Waals surface area contributed by atoms with Crippen LogP contribution < -0.4 is 15.5 Å². The maximum absolute atomic E-state index is 12.6. The number of benzene rings is 1. The summed E-state index contributed by atoms with van der Waals surface area (Å²) in [5, 5.41) is 5.99. The van der Waals surface area contributed by atoms with Gasteiger partial charge in [0, 0.05) is 32.2 Å². The monoisotopic (exact) mass is 301 g/mol. The average molecular weight is 301 g/mol. The fourth-order valence-electron chi connectivity index (χ4n) is 3.32. The first-order valence-electron chi connectivity index (χ1n) is 7.85. The molecule has 3 rings (SSSR count). The summed E-state index contributed by atoms with van der Waals surface area (Å²) in [5.41, 5.74) is 2.01. The summed E-state index contributed by atoms with van der Waals surface area (Å²) in [6.45, 7) is 3.17. The highest BCUT2D eigenvalue weighted by atomic mass is 16.2. The number of rotatable bonds is 2. The molecule has 1 aromatic rings. The van der Waals surface area contributed by atoms with E-state index >= 15 is 0 Å². The number of amides is 2. The normalized spacial score (nSPS) is 27.8. The summed E-state index contributed by atoms with van der Waals surface area (Å²) in [6, 6.07) is 8.43. The van der Waals surface area contributed by atoms with Gasteiger partial charge in [0.05, 0.1) is 11.5 Å². The molecule has 0 spiro atoms. The van der Waals surface area contributed by atoms with Crippen LogP contribution in [0.3, 0.4) is 0 Å². The molecule has 0 aromatic heterocycles. The second-order valence-electron chi connectivity index (χ2n) is 6.72. The lowest BCUT2D eigenvalue weighted by Gasteiger charge is -2.37. The highest BCUT2D eigenvalue weighted by Gasteiger charge is 2.38. The fraction of sp³-hybridized carbons (Fsp3) is 0.529. The third-order valence-corrected chi connectivity index (χ3v) is 4.83. The van der Waals surface area contributed by atoms with E-state index in [9.17, 15) is 9.59 Å². The summed E-state index contributed by atoms with van der Waals surface area (Å²) in [6.07, 6.45) is 1.90. The van der Waals surface area contributed by atoms with Crippen molar-refractivity contribution in [3.63, 3.8) is 0 Å². The van der Waals surface area contributed by atoms with Gasteiger partial charge >= 0.3 is 0 Å². The van der Waals surface area contributed by atoms with Crippen molar-refractivity contribution in [2.45, 2.75) is 32.2 Å². The molecule has 5 nitrogen and oxygen atoms in total. The highest BCUT2D eigenvalue weighted by molar-refractivity contribution is 5.86. The first-order chi connectivity index (χ1) is 10.5. The Balaban J connectivity index is 1.67. The van der Waals surface area contributed by atoms with Crippen LogP contribution in [0.1, 0.15) is 25.3 Å². The van der Waals surface area contributed by atoms with E-state index in [1.165, 1.54) is 11.3 Å². The van der Waals surface area contributed by atoms with Crippen molar-refractivity contribution in [2.24, 2.45) is 5.41 Å². The summed E-state index contributed by atoms with van der Waals surface area (Å²) in [7, 11) is 2.06. The number of likely N-dealkylation sites (N-methyl/N-ethyl adjacent to an activating group) is 1. The number of nitrogens with one attached hydrogen (secondary N) is 2. The molecule has 0 saturated carbocycles. The van der Waals surface area contributed by atoms with Gasteiger partial charge in [0.25, 0.3) is 0 Å². The molecule has 1 aromatic carbocycles. The molecule has 2 unspecified atom stereocenters. The molecular formula is C17H23N3O2. The molecule has 2 aliphatic heterocycles. The molecule has 0 bridgehead atoms. The molecule has 0 radical (unpaired) electrons. The van der Waals surface area contributed by atoms with Crippen LogP contribution in [0, 0.1) is 5.41 Å². The molecule has 2 N–H and O–H groups in total. The predicted octanol–water partition coefficient (Wildman–Crippen LogP) is 1.08.